The molecule has 2 N–H and O–H groups in total. The third kappa shape index (κ3) is 2.73. The van der Waals surface area contributed by atoms with Crippen LogP contribution in [-0.4, -0.2) is 32.1 Å². The summed E-state index contributed by atoms with van der Waals surface area (Å²) in [5, 5.41) is 0. The van der Waals surface area contributed by atoms with Gasteiger partial charge in [-0.2, -0.15) is 0 Å². The van der Waals surface area contributed by atoms with Crippen molar-refractivity contribution in [3.63, 3.8) is 0 Å². The summed E-state index contributed by atoms with van der Waals surface area (Å²) < 4.78 is 6.77. The molecule has 2 aromatic rings. The van der Waals surface area contributed by atoms with E-state index in [-0.39, 0.29) is 5.97 Å². The Balaban J connectivity index is 1.94. The summed E-state index contributed by atoms with van der Waals surface area (Å²) >= 11 is 0. The average Bonchev–Trinajstić information content (AvgIpc) is 2.73. The van der Waals surface area contributed by atoms with Crippen molar-refractivity contribution in [2.75, 3.05) is 12.3 Å². The lowest BCUT2D eigenvalue weighted by atomic mass is 10.3. The highest BCUT2D eigenvalue weighted by atomic mass is 16.5. The molecule has 0 atom stereocenters. The molecule has 0 aromatic carbocycles. The maximum Gasteiger partial charge on any atom is 0.302 e. The topological polar surface area (TPSA) is 95.9 Å². The van der Waals surface area contributed by atoms with Gasteiger partial charge in [-0.3, -0.25) is 4.79 Å². The number of hydrogen-bond donors (Lipinski definition) is 1. The molecule has 7 nitrogen and oxygen atoms in total. The second-order valence-corrected chi connectivity index (χ2v) is 3.92. The van der Waals surface area contributed by atoms with Crippen LogP contribution in [0, 0.1) is 0 Å². The summed E-state index contributed by atoms with van der Waals surface area (Å²) in [6, 6.07) is 0. The Morgan fingerprint density at radius 2 is 2.22 bits per heavy atom. The van der Waals surface area contributed by atoms with Crippen molar-refractivity contribution in [1.82, 2.24) is 19.5 Å². The molecule has 0 bridgehead atoms. The van der Waals surface area contributed by atoms with Crippen molar-refractivity contribution in [3.8, 4) is 0 Å². The van der Waals surface area contributed by atoms with Crippen LogP contribution in [0.3, 0.4) is 0 Å². The number of nitrogen functional groups attached to an aromatic ring is 1. The van der Waals surface area contributed by atoms with E-state index in [0.717, 1.165) is 24.9 Å². The van der Waals surface area contributed by atoms with Crippen LogP contribution in [0.15, 0.2) is 12.7 Å². The lowest BCUT2D eigenvalue weighted by Gasteiger charge is -2.05. The zero-order valence-corrected chi connectivity index (χ0v) is 10.2. The van der Waals surface area contributed by atoms with E-state index in [1.165, 1.54) is 13.3 Å². The number of carbonyl (C=O) groups excluding carboxylic acids is 1. The van der Waals surface area contributed by atoms with E-state index in [1.807, 2.05) is 4.57 Å². The Morgan fingerprint density at radius 1 is 1.39 bits per heavy atom. The summed E-state index contributed by atoms with van der Waals surface area (Å²) in [5.41, 5.74) is 7.14. The Bertz CT molecular complexity index is 551. The summed E-state index contributed by atoms with van der Waals surface area (Å²) in [7, 11) is 0. The molecule has 0 unspecified atom stereocenters. The van der Waals surface area contributed by atoms with Crippen molar-refractivity contribution in [2.45, 2.75) is 26.3 Å². The SMILES string of the molecule is CC(=O)OCCCCn1cnc2ncnc(N)c21. The minimum Gasteiger partial charge on any atom is -0.466 e. The maximum absolute atomic E-state index is 10.6. The number of ether oxygens (including phenoxy) is 1. The first-order chi connectivity index (χ1) is 8.68. The lowest BCUT2D eigenvalue weighted by molar-refractivity contribution is -0.141. The number of nitrogens with two attached hydrogens (primary N) is 1. The number of nitrogens with zero attached hydrogens (tertiary/aromatic N) is 4. The summed E-state index contributed by atoms with van der Waals surface area (Å²) in [4.78, 5) is 22.7. The first-order valence-electron chi connectivity index (χ1n) is 5.73. The maximum atomic E-state index is 10.6. The highest BCUT2D eigenvalue weighted by molar-refractivity contribution is 5.81. The Labute approximate surface area is 104 Å². The van der Waals surface area contributed by atoms with Gasteiger partial charge in [-0.25, -0.2) is 15.0 Å². The molecule has 2 aromatic heterocycles. The van der Waals surface area contributed by atoms with E-state index in [2.05, 4.69) is 15.0 Å². The number of esters is 1. The number of anilines is 1. The van der Waals surface area contributed by atoms with Crippen molar-refractivity contribution in [3.05, 3.63) is 12.7 Å². The minimum absolute atomic E-state index is 0.249. The van der Waals surface area contributed by atoms with Crippen molar-refractivity contribution >= 4 is 23.0 Å². The fourth-order valence-electron chi connectivity index (χ4n) is 1.70. The molecule has 18 heavy (non-hydrogen) atoms. The number of rotatable bonds is 5. The number of aryl methyl sites for hydroxylation is 1. The Morgan fingerprint density at radius 3 is 3.00 bits per heavy atom. The molecule has 0 saturated carbocycles. The van der Waals surface area contributed by atoms with Crippen LogP contribution in [0.2, 0.25) is 0 Å². The second-order valence-electron chi connectivity index (χ2n) is 3.92. The number of imidazole rings is 1. The average molecular weight is 249 g/mol. The quantitative estimate of drug-likeness (QED) is 0.620. The van der Waals surface area contributed by atoms with Gasteiger partial charge in [0.15, 0.2) is 11.5 Å². The van der Waals surface area contributed by atoms with Gasteiger partial charge in [-0.1, -0.05) is 0 Å². The lowest BCUT2D eigenvalue weighted by Crippen LogP contribution is -2.04. The molecule has 0 radical (unpaired) electrons. The third-order valence-electron chi connectivity index (χ3n) is 2.54. The predicted octanol–water partition coefficient (Wildman–Crippen LogP) is 0.752. The monoisotopic (exact) mass is 249 g/mol. The van der Waals surface area contributed by atoms with Gasteiger partial charge in [0, 0.05) is 13.5 Å². The van der Waals surface area contributed by atoms with Crippen LogP contribution in [0.25, 0.3) is 11.2 Å². The van der Waals surface area contributed by atoms with E-state index in [4.69, 9.17) is 10.5 Å². The summed E-state index contributed by atoms with van der Waals surface area (Å²) in [6.07, 6.45) is 4.76. The minimum atomic E-state index is -0.249. The van der Waals surface area contributed by atoms with E-state index >= 15 is 0 Å². The van der Waals surface area contributed by atoms with E-state index in [9.17, 15) is 4.79 Å². The Hall–Kier alpha value is -2.18. The van der Waals surface area contributed by atoms with Crippen LogP contribution >= 0.6 is 0 Å². The molecular formula is C11H15N5O2. The molecule has 0 aliphatic rings. The standard InChI is InChI=1S/C11H15N5O2/c1-8(17)18-5-3-2-4-16-7-15-11-9(16)10(12)13-6-14-11/h6-7H,2-5H2,1H3,(H2,12,13,14). The fourth-order valence-corrected chi connectivity index (χ4v) is 1.70. The highest BCUT2D eigenvalue weighted by Gasteiger charge is 2.07. The summed E-state index contributed by atoms with van der Waals surface area (Å²) in [5.74, 6) is 0.179. The molecular weight excluding hydrogens is 234 g/mol. The van der Waals surface area contributed by atoms with Gasteiger partial charge in [0.05, 0.1) is 12.9 Å². The molecule has 0 aliphatic heterocycles. The molecule has 2 rings (SSSR count). The van der Waals surface area contributed by atoms with Crippen LogP contribution in [0.5, 0.6) is 0 Å². The molecule has 96 valence electrons. The zero-order chi connectivity index (χ0) is 13.0. The predicted molar refractivity (Wildman–Crippen MR) is 65.6 cm³/mol. The molecule has 7 heteroatoms. The zero-order valence-electron chi connectivity index (χ0n) is 10.2. The molecule has 0 aliphatic carbocycles. The first kappa shape index (κ1) is 12.3. The van der Waals surface area contributed by atoms with Crippen LogP contribution in [-0.2, 0) is 16.1 Å². The van der Waals surface area contributed by atoms with Gasteiger partial charge in [-0.05, 0) is 12.8 Å². The van der Waals surface area contributed by atoms with Gasteiger partial charge in [-0.15, -0.1) is 0 Å². The van der Waals surface area contributed by atoms with Gasteiger partial charge >= 0.3 is 5.97 Å². The number of fused-ring (bicyclic) bond motifs is 1. The fraction of sp³-hybridized carbons (Fsp3) is 0.455. The molecule has 2 heterocycles. The second kappa shape index (κ2) is 5.44. The van der Waals surface area contributed by atoms with Crippen LogP contribution < -0.4 is 5.73 Å². The molecule has 0 fully saturated rings. The van der Waals surface area contributed by atoms with Gasteiger partial charge < -0.3 is 15.0 Å². The molecule has 0 amide bonds. The van der Waals surface area contributed by atoms with Gasteiger partial charge in [0.1, 0.15) is 11.8 Å². The molecule has 0 saturated heterocycles. The number of hydrogen-bond acceptors (Lipinski definition) is 6. The largest absolute Gasteiger partial charge is 0.466 e. The van der Waals surface area contributed by atoms with Crippen molar-refractivity contribution in [2.24, 2.45) is 0 Å². The first-order valence-corrected chi connectivity index (χ1v) is 5.73. The van der Waals surface area contributed by atoms with Crippen molar-refractivity contribution in [1.29, 1.82) is 0 Å². The van der Waals surface area contributed by atoms with Crippen LogP contribution in [0.4, 0.5) is 5.82 Å². The van der Waals surface area contributed by atoms with E-state index < -0.39 is 0 Å². The van der Waals surface area contributed by atoms with Crippen LogP contribution in [0.1, 0.15) is 19.8 Å². The van der Waals surface area contributed by atoms with E-state index in [0.29, 0.717) is 18.1 Å². The normalized spacial score (nSPS) is 10.7. The van der Waals surface area contributed by atoms with Crippen molar-refractivity contribution < 1.29 is 9.53 Å². The number of unbranched alkanes of at least 4 members (excludes halogenated alkanes) is 1. The van der Waals surface area contributed by atoms with Gasteiger partial charge in [0.25, 0.3) is 0 Å². The highest BCUT2D eigenvalue weighted by Crippen LogP contribution is 2.15. The number of aromatic nitrogens is 4. The third-order valence-corrected chi connectivity index (χ3v) is 2.54. The summed E-state index contributed by atoms with van der Waals surface area (Å²) in [6.45, 7) is 2.59. The Kier molecular flexibility index (Phi) is 3.71. The number of carbonyl (C=O) groups is 1. The smallest absolute Gasteiger partial charge is 0.302 e. The molecule has 0 spiro atoms. The van der Waals surface area contributed by atoms with Gasteiger partial charge in [0.2, 0.25) is 0 Å². The van der Waals surface area contributed by atoms with E-state index in [1.54, 1.807) is 6.33 Å².